The summed E-state index contributed by atoms with van der Waals surface area (Å²) in [5.41, 5.74) is 0. The Bertz CT molecular complexity index is 265. The number of esters is 1. The van der Waals surface area contributed by atoms with Crippen LogP contribution in [-0.2, 0) is 14.3 Å². The third-order valence-corrected chi connectivity index (χ3v) is 2.98. The van der Waals surface area contributed by atoms with E-state index < -0.39 is 0 Å². The molecule has 0 saturated heterocycles. The van der Waals surface area contributed by atoms with Crippen LogP contribution in [0.5, 0.6) is 0 Å². The predicted molar refractivity (Wildman–Crippen MR) is 71.3 cm³/mol. The molecule has 1 atom stereocenters. The molecule has 0 heterocycles. The van der Waals surface area contributed by atoms with Crippen molar-refractivity contribution in [2.24, 2.45) is 0 Å². The SMILES string of the molecule is CCOC(=O)C(CC)N(C)CC(=O)N(CC)CC. The first-order valence-corrected chi connectivity index (χ1v) is 6.66. The Morgan fingerprint density at radius 3 is 2.06 bits per heavy atom. The molecule has 5 nitrogen and oxygen atoms in total. The summed E-state index contributed by atoms with van der Waals surface area (Å²) in [5.74, 6) is -0.208. The summed E-state index contributed by atoms with van der Waals surface area (Å²) >= 11 is 0. The molecule has 0 saturated carbocycles. The second-order valence-electron chi connectivity index (χ2n) is 4.16. The van der Waals surface area contributed by atoms with Crippen molar-refractivity contribution in [1.82, 2.24) is 9.80 Å². The van der Waals surface area contributed by atoms with Crippen LogP contribution in [0.4, 0.5) is 0 Å². The van der Waals surface area contributed by atoms with Gasteiger partial charge in [0.25, 0.3) is 0 Å². The fourth-order valence-electron chi connectivity index (χ4n) is 1.90. The molecule has 0 radical (unpaired) electrons. The van der Waals surface area contributed by atoms with Crippen molar-refractivity contribution in [2.75, 3.05) is 33.3 Å². The molecule has 18 heavy (non-hydrogen) atoms. The third kappa shape index (κ3) is 5.04. The van der Waals surface area contributed by atoms with E-state index in [9.17, 15) is 9.59 Å². The topological polar surface area (TPSA) is 49.9 Å². The Hall–Kier alpha value is -1.10. The maximum Gasteiger partial charge on any atom is 0.323 e. The minimum absolute atomic E-state index is 0.0465. The number of rotatable bonds is 8. The van der Waals surface area contributed by atoms with Crippen molar-refractivity contribution >= 4 is 11.9 Å². The van der Waals surface area contributed by atoms with E-state index in [-0.39, 0.29) is 24.5 Å². The normalized spacial score (nSPS) is 12.3. The van der Waals surface area contributed by atoms with Gasteiger partial charge in [0.15, 0.2) is 0 Å². The van der Waals surface area contributed by atoms with Gasteiger partial charge in [0.05, 0.1) is 13.2 Å². The van der Waals surface area contributed by atoms with Gasteiger partial charge in [-0.3, -0.25) is 14.5 Å². The number of hydrogen-bond donors (Lipinski definition) is 0. The monoisotopic (exact) mass is 258 g/mol. The molecule has 1 unspecified atom stereocenters. The van der Waals surface area contributed by atoms with Gasteiger partial charge in [-0.25, -0.2) is 0 Å². The van der Waals surface area contributed by atoms with Gasteiger partial charge in [0, 0.05) is 13.1 Å². The Morgan fingerprint density at radius 1 is 1.11 bits per heavy atom. The van der Waals surface area contributed by atoms with Crippen molar-refractivity contribution in [3.05, 3.63) is 0 Å². The lowest BCUT2D eigenvalue weighted by atomic mass is 10.2. The van der Waals surface area contributed by atoms with Crippen LogP contribution in [0, 0.1) is 0 Å². The molecule has 0 N–H and O–H groups in total. The van der Waals surface area contributed by atoms with E-state index in [1.165, 1.54) is 0 Å². The molecule has 0 aromatic rings. The highest BCUT2D eigenvalue weighted by atomic mass is 16.5. The number of amides is 1. The van der Waals surface area contributed by atoms with E-state index in [1.54, 1.807) is 23.8 Å². The predicted octanol–water partition coefficient (Wildman–Crippen LogP) is 1.13. The molecule has 0 aliphatic rings. The number of carbonyl (C=O) groups excluding carboxylic acids is 2. The summed E-state index contributed by atoms with van der Waals surface area (Å²) in [6, 6.07) is -0.343. The van der Waals surface area contributed by atoms with Gasteiger partial charge in [-0.15, -0.1) is 0 Å². The molecule has 0 aromatic carbocycles. The highest BCUT2D eigenvalue weighted by Gasteiger charge is 2.25. The van der Waals surface area contributed by atoms with Crippen LogP contribution in [0.1, 0.15) is 34.1 Å². The van der Waals surface area contributed by atoms with Crippen LogP contribution in [-0.4, -0.2) is 61.0 Å². The lowest BCUT2D eigenvalue weighted by Crippen LogP contribution is -2.46. The average Bonchev–Trinajstić information content (AvgIpc) is 2.31. The van der Waals surface area contributed by atoms with Crippen LogP contribution >= 0.6 is 0 Å². The number of hydrogen-bond acceptors (Lipinski definition) is 4. The zero-order chi connectivity index (χ0) is 14.1. The quantitative estimate of drug-likeness (QED) is 0.612. The maximum absolute atomic E-state index is 11.9. The van der Waals surface area contributed by atoms with Crippen LogP contribution in [0.3, 0.4) is 0 Å². The van der Waals surface area contributed by atoms with E-state index in [0.29, 0.717) is 26.1 Å². The van der Waals surface area contributed by atoms with Crippen molar-refractivity contribution in [3.63, 3.8) is 0 Å². The van der Waals surface area contributed by atoms with E-state index in [2.05, 4.69) is 0 Å². The minimum Gasteiger partial charge on any atom is -0.465 e. The van der Waals surface area contributed by atoms with Crippen LogP contribution in [0.15, 0.2) is 0 Å². The Morgan fingerprint density at radius 2 is 1.67 bits per heavy atom. The standard InChI is InChI=1S/C13H26N2O3/c1-6-11(13(17)18-9-4)14(5)10-12(16)15(7-2)8-3/h11H,6-10H2,1-5H3. The Labute approximate surface area is 110 Å². The number of carbonyl (C=O) groups is 2. The smallest absolute Gasteiger partial charge is 0.323 e. The first kappa shape index (κ1) is 16.9. The lowest BCUT2D eigenvalue weighted by molar-refractivity contribution is -0.150. The van der Waals surface area contributed by atoms with Crippen molar-refractivity contribution in [3.8, 4) is 0 Å². The second kappa shape index (κ2) is 8.91. The van der Waals surface area contributed by atoms with Gasteiger partial charge in [-0.05, 0) is 34.2 Å². The van der Waals surface area contributed by atoms with Gasteiger partial charge in [-0.1, -0.05) is 6.92 Å². The third-order valence-electron chi connectivity index (χ3n) is 2.98. The molecule has 1 amide bonds. The Kier molecular flexibility index (Phi) is 8.37. The molecule has 0 bridgehead atoms. The number of nitrogens with zero attached hydrogens (tertiary/aromatic N) is 2. The second-order valence-corrected chi connectivity index (χ2v) is 4.16. The van der Waals surface area contributed by atoms with Gasteiger partial charge in [0.1, 0.15) is 6.04 Å². The molecule has 0 aromatic heterocycles. The molecule has 0 aliphatic heterocycles. The van der Waals surface area contributed by atoms with Crippen molar-refractivity contribution in [2.45, 2.75) is 40.2 Å². The van der Waals surface area contributed by atoms with Crippen LogP contribution in [0.2, 0.25) is 0 Å². The Balaban J connectivity index is 4.47. The summed E-state index contributed by atoms with van der Waals surface area (Å²) in [6.45, 7) is 9.60. The lowest BCUT2D eigenvalue weighted by Gasteiger charge is -2.27. The largest absolute Gasteiger partial charge is 0.465 e. The van der Waals surface area contributed by atoms with Crippen LogP contribution in [0.25, 0.3) is 0 Å². The molecule has 106 valence electrons. The minimum atomic E-state index is -0.343. The zero-order valence-corrected chi connectivity index (χ0v) is 12.2. The van der Waals surface area contributed by atoms with E-state index in [0.717, 1.165) is 0 Å². The summed E-state index contributed by atoms with van der Waals surface area (Å²) in [4.78, 5) is 27.2. The number of likely N-dealkylation sites (N-methyl/N-ethyl adjacent to an activating group) is 2. The number of ether oxygens (including phenoxy) is 1. The van der Waals surface area contributed by atoms with E-state index >= 15 is 0 Å². The van der Waals surface area contributed by atoms with Gasteiger partial charge < -0.3 is 9.64 Å². The van der Waals surface area contributed by atoms with E-state index in [4.69, 9.17) is 4.74 Å². The van der Waals surface area contributed by atoms with E-state index in [1.807, 2.05) is 20.8 Å². The molecule has 0 fully saturated rings. The molecular formula is C13H26N2O3. The van der Waals surface area contributed by atoms with Crippen LogP contribution < -0.4 is 0 Å². The summed E-state index contributed by atoms with van der Waals surface area (Å²) < 4.78 is 5.01. The first-order chi connectivity index (χ1) is 8.51. The first-order valence-electron chi connectivity index (χ1n) is 6.66. The average molecular weight is 258 g/mol. The fraction of sp³-hybridized carbons (Fsp3) is 0.846. The van der Waals surface area contributed by atoms with Gasteiger partial charge in [-0.2, -0.15) is 0 Å². The molecular weight excluding hydrogens is 232 g/mol. The zero-order valence-electron chi connectivity index (χ0n) is 12.2. The summed E-state index contributed by atoms with van der Waals surface area (Å²) in [6.07, 6.45) is 0.640. The van der Waals surface area contributed by atoms with Crippen molar-refractivity contribution < 1.29 is 14.3 Å². The van der Waals surface area contributed by atoms with Crippen molar-refractivity contribution in [1.29, 1.82) is 0 Å². The molecule has 0 rings (SSSR count). The summed E-state index contributed by atoms with van der Waals surface area (Å²) in [5, 5.41) is 0. The highest BCUT2D eigenvalue weighted by Crippen LogP contribution is 2.05. The summed E-state index contributed by atoms with van der Waals surface area (Å²) in [7, 11) is 1.78. The van der Waals surface area contributed by atoms with Gasteiger partial charge >= 0.3 is 5.97 Å². The highest BCUT2D eigenvalue weighted by molar-refractivity contribution is 5.80. The van der Waals surface area contributed by atoms with Gasteiger partial charge in [0.2, 0.25) is 5.91 Å². The molecule has 0 spiro atoms. The molecule has 5 heteroatoms. The molecule has 0 aliphatic carbocycles. The fourth-order valence-corrected chi connectivity index (χ4v) is 1.90. The maximum atomic E-state index is 11.9.